The number of ether oxygens (including phenoxy) is 1. The smallest absolute Gasteiger partial charge is 0.230 e. The Morgan fingerprint density at radius 2 is 1.70 bits per heavy atom. The van der Waals surface area contributed by atoms with Crippen molar-refractivity contribution in [1.82, 2.24) is 15.3 Å². The summed E-state index contributed by atoms with van der Waals surface area (Å²) in [6.07, 6.45) is 1.37. The van der Waals surface area contributed by atoms with Gasteiger partial charge in [0.1, 0.15) is 5.82 Å². The molecule has 7 heteroatoms. The van der Waals surface area contributed by atoms with E-state index in [-0.39, 0.29) is 5.91 Å². The number of amides is 1. The summed E-state index contributed by atoms with van der Waals surface area (Å²) < 4.78 is 5.54. The average Bonchev–Trinajstić information content (AvgIpc) is 2.84. The fourth-order valence-electron chi connectivity index (χ4n) is 4.14. The number of hydrogen-bond donors (Lipinski definition) is 3. The monoisotopic (exact) mass is 445 g/mol. The lowest BCUT2D eigenvalue weighted by atomic mass is 9.73. The first kappa shape index (κ1) is 22.7. The molecule has 0 bridgehead atoms. The molecule has 1 fully saturated rings. The van der Waals surface area contributed by atoms with E-state index in [1.54, 1.807) is 0 Å². The lowest BCUT2D eigenvalue weighted by Gasteiger charge is -2.36. The maximum Gasteiger partial charge on any atom is 0.230 e. The minimum absolute atomic E-state index is 0.0469. The van der Waals surface area contributed by atoms with Crippen LogP contribution in [-0.2, 0) is 14.9 Å². The summed E-state index contributed by atoms with van der Waals surface area (Å²) in [7, 11) is 0. The van der Waals surface area contributed by atoms with Gasteiger partial charge in [0.15, 0.2) is 0 Å². The van der Waals surface area contributed by atoms with Gasteiger partial charge in [-0.15, -0.1) is 0 Å². The van der Waals surface area contributed by atoms with E-state index in [1.165, 1.54) is 5.56 Å². The highest BCUT2D eigenvalue weighted by Gasteiger charge is 2.41. The van der Waals surface area contributed by atoms with E-state index in [0.29, 0.717) is 45.1 Å². The zero-order chi connectivity index (χ0) is 23.1. The van der Waals surface area contributed by atoms with Gasteiger partial charge in [-0.1, -0.05) is 48.0 Å². The van der Waals surface area contributed by atoms with Crippen LogP contribution in [0.1, 0.15) is 29.7 Å². The van der Waals surface area contributed by atoms with Gasteiger partial charge < -0.3 is 20.7 Å². The van der Waals surface area contributed by atoms with Crippen molar-refractivity contribution in [3.63, 3.8) is 0 Å². The second kappa shape index (κ2) is 10.4. The fraction of sp³-hybridized carbons (Fsp3) is 0.346. The molecule has 0 aliphatic carbocycles. The molecule has 2 heterocycles. The van der Waals surface area contributed by atoms with Crippen molar-refractivity contribution in [3.8, 4) is 0 Å². The van der Waals surface area contributed by atoms with Crippen LogP contribution < -0.4 is 16.0 Å². The third-order valence-electron chi connectivity index (χ3n) is 5.98. The van der Waals surface area contributed by atoms with E-state index in [1.807, 2.05) is 55.5 Å². The van der Waals surface area contributed by atoms with Crippen LogP contribution in [0.15, 0.2) is 60.7 Å². The number of nitrogens with zero attached hydrogens (tertiary/aromatic N) is 2. The zero-order valence-electron chi connectivity index (χ0n) is 19.2. The van der Waals surface area contributed by atoms with Crippen LogP contribution in [0.4, 0.5) is 17.5 Å². The SMILES string of the molecule is Cc1ccc(Nc2cc(C)nc(NCCNC(=O)C3(c4ccccc4)CCOCC3)n2)cc1. The Balaban J connectivity index is 1.35. The summed E-state index contributed by atoms with van der Waals surface area (Å²) in [5, 5.41) is 9.65. The molecule has 0 unspecified atom stereocenters. The number of aryl methyl sites for hydroxylation is 2. The van der Waals surface area contributed by atoms with Crippen LogP contribution >= 0.6 is 0 Å². The summed E-state index contributed by atoms with van der Waals surface area (Å²) in [6, 6.07) is 20.1. The zero-order valence-corrected chi connectivity index (χ0v) is 19.2. The number of benzene rings is 2. The summed E-state index contributed by atoms with van der Waals surface area (Å²) in [4.78, 5) is 22.3. The molecule has 1 saturated heterocycles. The van der Waals surface area contributed by atoms with Crippen LogP contribution in [0.25, 0.3) is 0 Å². The summed E-state index contributed by atoms with van der Waals surface area (Å²) >= 11 is 0. The van der Waals surface area contributed by atoms with Crippen molar-refractivity contribution in [2.75, 3.05) is 36.9 Å². The molecular formula is C26H31N5O2. The molecule has 33 heavy (non-hydrogen) atoms. The van der Waals surface area contributed by atoms with Gasteiger partial charge in [-0.05, 0) is 44.4 Å². The molecule has 0 spiro atoms. The predicted octanol–water partition coefficient (Wildman–Crippen LogP) is 4.11. The lowest BCUT2D eigenvalue weighted by molar-refractivity contribution is -0.130. The predicted molar refractivity (Wildman–Crippen MR) is 131 cm³/mol. The Morgan fingerprint density at radius 3 is 2.42 bits per heavy atom. The van der Waals surface area contributed by atoms with Gasteiger partial charge in [0, 0.05) is 43.8 Å². The number of carbonyl (C=O) groups is 1. The van der Waals surface area contributed by atoms with Gasteiger partial charge in [-0.3, -0.25) is 4.79 Å². The molecule has 7 nitrogen and oxygen atoms in total. The highest BCUT2D eigenvalue weighted by atomic mass is 16.5. The van der Waals surface area contributed by atoms with Gasteiger partial charge >= 0.3 is 0 Å². The van der Waals surface area contributed by atoms with Gasteiger partial charge in [-0.2, -0.15) is 4.98 Å². The van der Waals surface area contributed by atoms with Gasteiger partial charge in [-0.25, -0.2) is 4.98 Å². The van der Waals surface area contributed by atoms with E-state index in [0.717, 1.165) is 22.8 Å². The molecule has 2 aromatic carbocycles. The van der Waals surface area contributed by atoms with E-state index in [4.69, 9.17) is 4.74 Å². The van der Waals surface area contributed by atoms with Crippen LogP contribution in [-0.4, -0.2) is 42.2 Å². The van der Waals surface area contributed by atoms with E-state index in [9.17, 15) is 4.79 Å². The highest BCUT2D eigenvalue weighted by molar-refractivity contribution is 5.88. The fourth-order valence-corrected chi connectivity index (χ4v) is 4.14. The molecule has 172 valence electrons. The molecule has 3 aromatic rings. The lowest BCUT2D eigenvalue weighted by Crippen LogP contribution is -2.49. The molecule has 0 atom stereocenters. The quantitative estimate of drug-likeness (QED) is 0.452. The molecule has 0 saturated carbocycles. The Labute approximate surface area is 195 Å². The molecule has 1 aliphatic rings. The number of anilines is 3. The van der Waals surface area contributed by atoms with Crippen molar-refractivity contribution >= 4 is 23.4 Å². The Kier molecular flexibility index (Phi) is 7.19. The van der Waals surface area contributed by atoms with Crippen molar-refractivity contribution in [3.05, 3.63) is 77.5 Å². The summed E-state index contributed by atoms with van der Waals surface area (Å²) in [6.45, 7) is 6.18. The Bertz CT molecular complexity index is 1060. The van der Waals surface area contributed by atoms with Crippen molar-refractivity contribution < 1.29 is 9.53 Å². The second-order valence-corrected chi connectivity index (χ2v) is 8.45. The Morgan fingerprint density at radius 1 is 0.970 bits per heavy atom. The molecule has 3 N–H and O–H groups in total. The third-order valence-corrected chi connectivity index (χ3v) is 5.98. The summed E-state index contributed by atoms with van der Waals surface area (Å²) in [5.74, 6) is 1.30. The minimum atomic E-state index is -0.537. The third kappa shape index (κ3) is 5.68. The maximum atomic E-state index is 13.2. The molecule has 4 rings (SSSR count). The van der Waals surface area contributed by atoms with E-state index in [2.05, 4.69) is 45.0 Å². The highest BCUT2D eigenvalue weighted by Crippen LogP contribution is 2.35. The van der Waals surface area contributed by atoms with Crippen LogP contribution in [0.3, 0.4) is 0 Å². The van der Waals surface area contributed by atoms with Crippen molar-refractivity contribution in [1.29, 1.82) is 0 Å². The molecular weight excluding hydrogens is 414 g/mol. The number of rotatable bonds is 8. The average molecular weight is 446 g/mol. The molecule has 1 amide bonds. The number of nitrogens with one attached hydrogen (secondary N) is 3. The van der Waals surface area contributed by atoms with E-state index < -0.39 is 5.41 Å². The standard InChI is InChI=1S/C26H31N5O2/c1-19-8-10-22(11-9-19)30-23-18-20(2)29-25(31-23)28-15-14-27-24(32)26(12-16-33-17-13-26)21-6-4-3-5-7-21/h3-11,18H,12-17H2,1-2H3,(H,27,32)(H2,28,29,30,31). The minimum Gasteiger partial charge on any atom is -0.381 e. The van der Waals surface area contributed by atoms with Crippen molar-refractivity contribution in [2.24, 2.45) is 0 Å². The van der Waals surface area contributed by atoms with Crippen LogP contribution in [0.2, 0.25) is 0 Å². The number of aromatic nitrogens is 2. The van der Waals surface area contributed by atoms with Gasteiger partial charge in [0.2, 0.25) is 11.9 Å². The largest absolute Gasteiger partial charge is 0.381 e. The molecule has 1 aliphatic heterocycles. The normalized spacial score (nSPS) is 15.0. The first-order valence-electron chi connectivity index (χ1n) is 11.4. The Hall–Kier alpha value is -3.45. The van der Waals surface area contributed by atoms with Crippen LogP contribution in [0.5, 0.6) is 0 Å². The van der Waals surface area contributed by atoms with Gasteiger partial charge in [0.05, 0.1) is 5.41 Å². The molecule has 0 radical (unpaired) electrons. The van der Waals surface area contributed by atoms with Crippen molar-refractivity contribution in [2.45, 2.75) is 32.1 Å². The molecule has 1 aromatic heterocycles. The second-order valence-electron chi connectivity index (χ2n) is 8.45. The maximum absolute atomic E-state index is 13.2. The van der Waals surface area contributed by atoms with Gasteiger partial charge in [0.25, 0.3) is 0 Å². The first-order valence-corrected chi connectivity index (χ1v) is 11.4. The first-order chi connectivity index (χ1) is 16.0. The topological polar surface area (TPSA) is 88.2 Å². The number of hydrogen-bond acceptors (Lipinski definition) is 6. The number of carbonyl (C=O) groups excluding carboxylic acids is 1. The summed E-state index contributed by atoms with van der Waals surface area (Å²) in [5.41, 5.74) is 3.55. The van der Waals surface area contributed by atoms with E-state index >= 15 is 0 Å². The van der Waals surface area contributed by atoms with Crippen LogP contribution in [0, 0.1) is 13.8 Å².